The standard InChI is InChI=1S/C27H46NO7P/c1-25(2,3)34-24(29)28-27(21-32-36(30,33-22-27)35-26(4,5)6)18-14-9-7-8-10-15-19-31-20-23-16-12-11-13-17-23/h11-13,16-17H,7-10,14-15,18-22H2,1-6H3,(H,28,29). The van der Waals surface area contributed by atoms with E-state index < -0.39 is 30.7 Å². The van der Waals surface area contributed by atoms with Crippen molar-refractivity contribution in [2.75, 3.05) is 19.8 Å². The van der Waals surface area contributed by atoms with Gasteiger partial charge in [-0.1, -0.05) is 62.4 Å². The van der Waals surface area contributed by atoms with Crippen molar-refractivity contribution in [3.05, 3.63) is 35.9 Å². The molecule has 0 saturated carbocycles. The van der Waals surface area contributed by atoms with Crippen molar-refractivity contribution in [1.29, 1.82) is 0 Å². The third kappa shape index (κ3) is 12.7. The van der Waals surface area contributed by atoms with Gasteiger partial charge in [0.05, 0.1) is 31.0 Å². The van der Waals surface area contributed by atoms with Gasteiger partial charge < -0.3 is 14.8 Å². The van der Waals surface area contributed by atoms with Crippen molar-refractivity contribution in [2.24, 2.45) is 0 Å². The van der Waals surface area contributed by atoms with Gasteiger partial charge in [-0.2, -0.15) is 0 Å². The van der Waals surface area contributed by atoms with Crippen LogP contribution in [0, 0.1) is 0 Å². The van der Waals surface area contributed by atoms with E-state index in [0.29, 0.717) is 13.0 Å². The summed E-state index contributed by atoms with van der Waals surface area (Å²) in [6.07, 6.45) is 6.35. The number of hydrogen-bond acceptors (Lipinski definition) is 7. The molecule has 2 rings (SSSR count). The fraction of sp³-hybridized carbons (Fsp3) is 0.741. The second kappa shape index (κ2) is 13.9. The summed E-state index contributed by atoms with van der Waals surface area (Å²) in [5.74, 6) is 0. The van der Waals surface area contributed by atoms with Crippen molar-refractivity contribution in [1.82, 2.24) is 5.32 Å². The van der Waals surface area contributed by atoms with E-state index >= 15 is 0 Å². The summed E-state index contributed by atoms with van der Waals surface area (Å²) in [7, 11) is -3.69. The summed E-state index contributed by atoms with van der Waals surface area (Å²) in [4.78, 5) is 12.5. The fourth-order valence-corrected chi connectivity index (χ4v) is 5.47. The second-order valence-corrected chi connectivity index (χ2v) is 13.1. The normalized spacial score (nSPS) is 22.8. The number of hydrogen-bond donors (Lipinski definition) is 1. The highest BCUT2D eigenvalue weighted by atomic mass is 31.2. The molecule has 0 unspecified atom stereocenters. The predicted molar refractivity (Wildman–Crippen MR) is 141 cm³/mol. The Morgan fingerprint density at radius 3 is 2.08 bits per heavy atom. The topological polar surface area (TPSA) is 92.3 Å². The summed E-state index contributed by atoms with van der Waals surface area (Å²) in [6, 6.07) is 10.2. The van der Waals surface area contributed by atoms with Gasteiger partial charge in [0.1, 0.15) is 5.60 Å². The van der Waals surface area contributed by atoms with E-state index in [1.54, 1.807) is 20.8 Å². The molecular weight excluding hydrogens is 481 g/mol. The molecule has 36 heavy (non-hydrogen) atoms. The highest BCUT2D eigenvalue weighted by molar-refractivity contribution is 7.48. The molecule has 1 heterocycles. The number of nitrogens with one attached hydrogen (secondary N) is 1. The molecule has 1 aromatic rings. The first-order valence-corrected chi connectivity index (χ1v) is 14.5. The lowest BCUT2D eigenvalue weighted by molar-refractivity contribution is -0.0282. The lowest BCUT2D eigenvalue weighted by atomic mass is 9.93. The second-order valence-electron chi connectivity index (χ2n) is 11.5. The van der Waals surface area contributed by atoms with E-state index in [1.807, 2.05) is 39.0 Å². The monoisotopic (exact) mass is 527 g/mol. The number of alkyl carbamates (subject to hydrolysis) is 1. The van der Waals surface area contributed by atoms with Crippen LogP contribution in [0.3, 0.4) is 0 Å². The van der Waals surface area contributed by atoms with Crippen LogP contribution in [-0.4, -0.2) is 42.7 Å². The van der Waals surface area contributed by atoms with E-state index in [-0.39, 0.29) is 13.2 Å². The zero-order valence-corrected chi connectivity index (χ0v) is 23.9. The maximum atomic E-state index is 12.8. The summed E-state index contributed by atoms with van der Waals surface area (Å²) in [5, 5.41) is 2.92. The van der Waals surface area contributed by atoms with Crippen LogP contribution < -0.4 is 5.32 Å². The van der Waals surface area contributed by atoms with E-state index in [2.05, 4.69) is 17.4 Å². The van der Waals surface area contributed by atoms with Crippen LogP contribution in [-0.2, 0) is 34.2 Å². The van der Waals surface area contributed by atoms with Crippen molar-refractivity contribution in [3.63, 3.8) is 0 Å². The van der Waals surface area contributed by atoms with Gasteiger partial charge in [-0.15, -0.1) is 0 Å². The lowest BCUT2D eigenvalue weighted by Gasteiger charge is -2.41. The molecule has 9 heteroatoms. The largest absolute Gasteiger partial charge is 0.475 e. The van der Waals surface area contributed by atoms with Gasteiger partial charge in [-0.25, -0.2) is 9.36 Å². The number of rotatable bonds is 13. The molecule has 8 nitrogen and oxygen atoms in total. The smallest absolute Gasteiger partial charge is 0.444 e. The first kappa shape index (κ1) is 30.8. The van der Waals surface area contributed by atoms with E-state index in [0.717, 1.165) is 45.1 Å². The van der Waals surface area contributed by atoms with Gasteiger partial charge in [-0.05, 0) is 59.9 Å². The number of carbonyl (C=O) groups excluding carboxylic acids is 1. The van der Waals surface area contributed by atoms with Gasteiger partial charge in [0, 0.05) is 6.61 Å². The third-order valence-electron chi connectivity index (χ3n) is 5.46. The first-order chi connectivity index (χ1) is 16.8. The molecule has 1 aromatic carbocycles. The molecule has 1 amide bonds. The molecular formula is C27H46NO7P. The molecule has 0 aromatic heterocycles. The van der Waals surface area contributed by atoms with Crippen LogP contribution in [0.25, 0.3) is 0 Å². The van der Waals surface area contributed by atoms with Crippen LogP contribution in [0.4, 0.5) is 4.79 Å². The summed E-state index contributed by atoms with van der Waals surface area (Å²) in [5.41, 5.74) is -0.927. The molecule has 0 bridgehead atoms. The SMILES string of the molecule is CC(C)(C)OC(=O)NC1(CCCCCCCCOCc2ccccc2)COP(=O)(OC(C)(C)C)OC1. The van der Waals surface area contributed by atoms with Gasteiger partial charge in [0.2, 0.25) is 0 Å². The summed E-state index contributed by atoms with van der Waals surface area (Å²) >= 11 is 0. The average molecular weight is 528 g/mol. The number of benzene rings is 1. The number of phosphoric ester groups is 1. The van der Waals surface area contributed by atoms with E-state index in [9.17, 15) is 9.36 Å². The Hall–Kier alpha value is -1.44. The molecule has 1 fully saturated rings. The number of phosphoric acid groups is 1. The van der Waals surface area contributed by atoms with Crippen LogP contribution in [0.15, 0.2) is 30.3 Å². The molecule has 1 aliphatic rings. The Bertz CT molecular complexity index is 821. The number of carbonyl (C=O) groups is 1. The zero-order chi connectivity index (χ0) is 26.7. The van der Waals surface area contributed by atoms with E-state index in [4.69, 9.17) is 23.0 Å². The third-order valence-corrected chi connectivity index (χ3v) is 7.12. The van der Waals surface area contributed by atoms with Crippen molar-refractivity contribution in [3.8, 4) is 0 Å². The van der Waals surface area contributed by atoms with Crippen LogP contribution >= 0.6 is 7.82 Å². The Morgan fingerprint density at radius 2 is 1.50 bits per heavy atom. The number of amides is 1. The quantitative estimate of drug-likeness (QED) is 0.215. The van der Waals surface area contributed by atoms with Gasteiger partial charge in [-0.3, -0.25) is 13.6 Å². The Labute approximate surface area is 217 Å². The minimum Gasteiger partial charge on any atom is -0.444 e. The highest BCUT2D eigenvalue weighted by Crippen LogP contribution is 2.56. The van der Waals surface area contributed by atoms with Crippen LogP contribution in [0.2, 0.25) is 0 Å². The Kier molecular flexibility index (Phi) is 11.9. The average Bonchev–Trinajstić information content (AvgIpc) is 2.75. The minimum atomic E-state index is -3.69. The van der Waals surface area contributed by atoms with Gasteiger partial charge >= 0.3 is 13.9 Å². The molecule has 0 spiro atoms. The highest BCUT2D eigenvalue weighted by Gasteiger charge is 2.46. The maximum Gasteiger partial charge on any atom is 0.475 e. The maximum absolute atomic E-state index is 12.8. The molecule has 206 valence electrons. The molecule has 1 aliphatic heterocycles. The van der Waals surface area contributed by atoms with Crippen molar-refractivity contribution >= 4 is 13.9 Å². The van der Waals surface area contributed by atoms with Crippen LogP contribution in [0.1, 0.15) is 92.1 Å². The van der Waals surface area contributed by atoms with E-state index in [1.165, 1.54) is 5.56 Å². The van der Waals surface area contributed by atoms with Gasteiger partial charge in [0.15, 0.2) is 0 Å². The Morgan fingerprint density at radius 1 is 0.917 bits per heavy atom. The number of ether oxygens (including phenoxy) is 2. The molecule has 1 N–H and O–H groups in total. The molecule has 0 radical (unpaired) electrons. The van der Waals surface area contributed by atoms with Crippen LogP contribution in [0.5, 0.6) is 0 Å². The molecule has 1 saturated heterocycles. The molecule has 0 aliphatic carbocycles. The Balaban J connectivity index is 1.73. The first-order valence-electron chi connectivity index (χ1n) is 13.0. The zero-order valence-electron chi connectivity index (χ0n) is 23.0. The minimum absolute atomic E-state index is 0.0400. The number of unbranched alkanes of at least 4 members (excludes halogenated alkanes) is 5. The van der Waals surface area contributed by atoms with Crippen molar-refractivity contribution in [2.45, 2.75) is 110 Å². The van der Waals surface area contributed by atoms with Gasteiger partial charge in [0.25, 0.3) is 0 Å². The lowest BCUT2D eigenvalue weighted by Crippen LogP contribution is -2.57. The predicted octanol–water partition coefficient (Wildman–Crippen LogP) is 7.17. The fourth-order valence-electron chi connectivity index (χ4n) is 3.81. The van der Waals surface area contributed by atoms with Crippen molar-refractivity contribution < 1.29 is 32.4 Å². The summed E-state index contributed by atoms with van der Waals surface area (Å²) in [6.45, 7) is 12.3. The summed E-state index contributed by atoms with van der Waals surface area (Å²) < 4.78 is 40.7. The molecule has 0 atom stereocenters.